The summed E-state index contributed by atoms with van der Waals surface area (Å²) < 4.78 is 0. The lowest BCUT2D eigenvalue weighted by molar-refractivity contribution is -0.129. The van der Waals surface area contributed by atoms with E-state index in [9.17, 15) is 4.79 Å². The van der Waals surface area contributed by atoms with Crippen molar-refractivity contribution in [1.82, 2.24) is 0 Å². The van der Waals surface area contributed by atoms with E-state index in [0.29, 0.717) is 24.7 Å². The highest BCUT2D eigenvalue weighted by molar-refractivity contribution is 5.87. The van der Waals surface area contributed by atoms with Gasteiger partial charge in [-0.1, -0.05) is 45.0 Å². The van der Waals surface area contributed by atoms with Crippen LogP contribution in [0.1, 0.15) is 63.5 Å². The molecule has 1 aliphatic carbocycles. The van der Waals surface area contributed by atoms with Gasteiger partial charge in [-0.25, -0.2) is 0 Å². The SMILES string of the molecule is CC1CCC(CN)(C(=O)Cc2ccc(C(C)C)cc2)CC1. The lowest BCUT2D eigenvalue weighted by atomic mass is 9.67. The molecular weight excluding hydrogens is 258 g/mol. The van der Waals surface area contributed by atoms with Crippen molar-refractivity contribution in [2.75, 3.05) is 6.54 Å². The van der Waals surface area contributed by atoms with Gasteiger partial charge in [-0.2, -0.15) is 0 Å². The van der Waals surface area contributed by atoms with Crippen LogP contribution in [0, 0.1) is 11.3 Å². The zero-order valence-electron chi connectivity index (χ0n) is 13.7. The Kier molecular flexibility index (Phi) is 5.21. The molecule has 1 aromatic rings. The highest BCUT2D eigenvalue weighted by atomic mass is 16.1. The Morgan fingerprint density at radius 3 is 2.29 bits per heavy atom. The van der Waals surface area contributed by atoms with Gasteiger partial charge in [0.05, 0.1) is 0 Å². The molecule has 1 aliphatic rings. The molecule has 0 aliphatic heterocycles. The second kappa shape index (κ2) is 6.74. The lowest BCUT2D eigenvalue weighted by Gasteiger charge is -2.37. The molecule has 116 valence electrons. The number of ketones is 1. The van der Waals surface area contributed by atoms with E-state index in [4.69, 9.17) is 5.73 Å². The molecule has 0 atom stereocenters. The predicted octanol–water partition coefficient (Wildman–Crippen LogP) is 4.08. The van der Waals surface area contributed by atoms with Crippen LogP contribution in [-0.4, -0.2) is 12.3 Å². The summed E-state index contributed by atoms with van der Waals surface area (Å²) in [5.41, 5.74) is 8.17. The van der Waals surface area contributed by atoms with Crippen LogP contribution in [0.25, 0.3) is 0 Å². The summed E-state index contributed by atoms with van der Waals surface area (Å²) in [6.45, 7) is 7.15. The van der Waals surface area contributed by atoms with Gasteiger partial charge in [-0.15, -0.1) is 0 Å². The highest BCUT2D eigenvalue weighted by Gasteiger charge is 2.39. The molecule has 1 aromatic carbocycles. The smallest absolute Gasteiger partial charge is 0.144 e. The van der Waals surface area contributed by atoms with Crippen LogP contribution in [0.3, 0.4) is 0 Å². The molecule has 0 spiro atoms. The summed E-state index contributed by atoms with van der Waals surface area (Å²) in [6, 6.07) is 8.49. The van der Waals surface area contributed by atoms with Gasteiger partial charge < -0.3 is 5.73 Å². The third-order valence-electron chi connectivity index (χ3n) is 5.22. The van der Waals surface area contributed by atoms with E-state index in [1.54, 1.807) is 0 Å². The minimum Gasteiger partial charge on any atom is -0.329 e. The van der Waals surface area contributed by atoms with Gasteiger partial charge in [0, 0.05) is 18.4 Å². The van der Waals surface area contributed by atoms with Crippen molar-refractivity contribution in [3.63, 3.8) is 0 Å². The van der Waals surface area contributed by atoms with Crippen LogP contribution in [0.4, 0.5) is 0 Å². The van der Waals surface area contributed by atoms with Crippen LogP contribution >= 0.6 is 0 Å². The minimum atomic E-state index is -0.261. The van der Waals surface area contributed by atoms with Gasteiger partial charge in [0.25, 0.3) is 0 Å². The summed E-state index contributed by atoms with van der Waals surface area (Å²) in [4.78, 5) is 12.8. The van der Waals surface area contributed by atoms with Gasteiger partial charge in [0.2, 0.25) is 0 Å². The molecule has 2 heteroatoms. The Morgan fingerprint density at radius 1 is 1.24 bits per heavy atom. The van der Waals surface area contributed by atoms with E-state index >= 15 is 0 Å². The Bertz CT molecular complexity index is 467. The zero-order chi connectivity index (χ0) is 15.5. The normalized spacial score (nSPS) is 26.0. The topological polar surface area (TPSA) is 43.1 Å². The summed E-state index contributed by atoms with van der Waals surface area (Å²) in [5.74, 6) is 1.61. The van der Waals surface area contributed by atoms with Crippen LogP contribution in [0.15, 0.2) is 24.3 Å². The fourth-order valence-electron chi connectivity index (χ4n) is 3.30. The second-order valence-corrected chi connectivity index (χ2v) is 7.16. The van der Waals surface area contributed by atoms with Crippen molar-refractivity contribution >= 4 is 5.78 Å². The Balaban J connectivity index is 2.05. The lowest BCUT2D eigenvalue weighted by Crippen LogP contribution is -2.42. The summed E-state index contributed by atoms with van der Waals surface area (Å²) in [6.07, 6.45) is 4.73. The van der Waals surface area contributed by atoms with Crippen molar-refractivity contribution in [1.29, 1.82) is 0 Å². The number of Topliss-reactive ketones (excluding diaryl/α,β-unsaturated/α-hetero) is 1. The molecule has 2 N–H and O–H groups in total. The average molecular weight is 287 g/mol. The number of carbonyl (C=O) groups excluding carboxylic acids is 1. The first-order chi connectivity index (χ1) is 9.97. The van der Waals surface area contributed by atoms with Crippen molar-refractivity contribution in [3.05, 3.63) is 35.4 Å². The summed E-state index contributed by atoms with van der Waals surface area (Å²) in [5, 5.41) is 0. The van der Waals surface area contributed by atoms with Gasteiger partial charge in [0.1, 0.15) is 5.78 Å². The number of hydrogen-bond acceptors (Lipinski definition) is 2. The minimum absolute atomic E-state index is 0.261. The molecule has 1 saturated carbocycles. The van der Waals surface area contributed by atoms with Gasteiger partial charge in [0.15, 0.2) is 0 Å². The van der Waals surface area contributed by atoms with E-state index in [1.165, 1.54) is 5.56 Å². The number of rotatable bonds is 5. The van der Waals surface area contributed by atoms with Crippen molar-refractivity contribution in [2.24, 2.45) is 17.1 Å². The molecule has 0 bridgehead atoms. The Hall–Kier alpha value is -1.15. The number of nitrogens with two attached hydrogens (primary N) is 1. The maximum atomic E-state index is 12.8. The molecule has 2 nitrogen and oxygen atoms in total. The molecular formula is C19H29NO. The van der Waals surface area contributed by atoms with E-state index in [1.807, 2.05) is 0 Å². The molecule has 0 saturated heterocycles. The number of benzene rings is 1. The van der Waals surface area contributed by atoms with Gasteiger partial charge >= 0.3 is 0 Å². The van der Waals surface area contributed by atoms with Gasteiger partial charge in [-0.3, -0.25) is 4.79 Å². The quantitative estimate of drug-likeness (QED) is 0.887. The second-order valence-electron chi connectivity index (χ2n) is 7.16. The molecule has 0 unspecified atom stereocenters. The first-order valence-corrected chi connectivity index (χ1v) is 8.29. The molecule has 0 radical (unpaired) electrons. The van der Waals surface area contributed by atoms with Crippen molar-refractivity contribution < 1.29 is 4.79 Å². The predicted molar refractivity (Wildman–Crippen MR) is 88.4 cm³/mol. The van der Waals surface area contributed by atoms with Crippen molar-refractivity contribution in [2.45, 2.75) is 58.8 Å². The van der Waals surface area contributed by atoms with E-state index in [-0.39, 0.29) is 5.41 Å². The molecule has 1 fully saturated rings. The third kappa shape index (κ3) is 3.74. The molecule has 21 heavy (non-hydrogen) atoms. The standard InChI is InChI=1S/C19H29NO/c1-14(2)17-6-4-16(5-7-17)12-18(21)19(13-20)10-8-15(3)9-11-19/h4-7,14-15H,8-13,20H2,1-3H3. The fraction of sp³-hybridized carbons (Fsp3) is 0.632. The number of hydrogen-bond donors (Lipinski definition) is 1. The maximum absolute atomic E-state index is 12.8. The average Bonchev–Trinajstić information content (AvgIpc) is 2.49. The molecule has 0 heterocycles. The van der Waals surface area contributed by atoms with Crippen LogP contribution in [0.2, 0.25) is 0 Å². The monoisotopic (exact) mass is 287 g/mol. The van der Waals surface area contributed by atoms with E-state index in [0.717, 1.165) is 37.2 Å². The Labute approximate surface area is 129 Å². The fourth-order valence-corrected chi connectivity index (χ4v) is 3.30. The van der Waals surface area contributed by atoms with E-state index in [2.05, 4.69) is 45.0 Å². The van der Waals surface area contributed by atoms with Crippen molar-refractivity contribution in [3.8, 4) is 0 Å². The first kappa shape index (κ1) is 16.2. The largest absolute Gasteiger partial charge is 0.329 e. The summed E-state index contributed by atoms with van der Waals surface area (Å²) in [7, 11) is 0. The molecule has 0 amide bonds. The van der Waals surface area contributed by atoms with E-state index < -0.39 is 0 Å². The summed E-state index contributed by atoms with van der Waals surface area (Å²) >= 11 is 0. The highest BCUT2D eigenvalue weighted by Crippen LogP contribution is 2.39. The third-order valence-corrected chi connectivity index (χ3v) is 5.22. The zero-order valence-corrected chi connectivity index (χ0v) is 13.7. The van der Waals surface area contributed by atoms with Crippen LogP contribution in [-0.2, 0) is 11.2 Å². The first-order valence-electron chi connectivity index (χ1n) is 8.29. The molecule has 0 aromatic heterocycles. The van der Waals surface area contributed by atoms with Crippen LogP contribution in [0.5, 0.6) is 0 Å². The number of carbonyl (C=O) groups is 1. The molecule has 2 rings (SSSR count). The van der Waals surface area contributed by atoms with Gasteiger partial charge in [-0.05, 0) is 48.6 Å². The Morgan fingerprint density at radius 2 is 1.81 bits per heavy atom. The van der Waals surface area contributed by atoms with Crippen LogP contribution < -0.4 is 5.73 Å². The maximum Gasteiger partial charge on any atom is 0.144 e.